The molecule has 1 aliphatic heterocycles. The van der Waals surface area contributed by atoms with Crippen LogP contribution in [-0.4, -0.2) is 65.9 Å². The van der Waals surface area contributed by atoms with Gasteiger partial charge in [0.05, 0.1) is 46.6 Å². The van der Waals surface area contributed by atoms with Gasteiger partial charge >= 0.3 is 5.69 Å². The topological polar surface area (TPSA) is 104 Å². The number of nitrogen functional groups attached to an aromatic ring is 1. The minimum atomic E-state index is -0.268. The average Bonchev–Trinajstić information content (AvgIpc) is 3.18. The summed E-state index contributed by atoms with van der Waals surface area (Å²) in [5.74, 6) is 0.114. The van der Waals surface area contributed by atoms with Gasteiger partial charge in [-0.15, -0.1) is 0 Å². The van der Waals surface area contributed by atoms with Gasteiger partial charge in [0.15, 0.2) is 0 Å². The molecule has 1 amide bonds. The molecule has 2 aromatic carbocycles. The molecule has 3 N–H and O–H groups in total. The van der Waals surface area contributed by atoms with E-state index in [0.29, 0.717) is 35.1 Å². The molecule has 1 fully saturated rings. The Balaban J connectivity index is 1.31. The van der Waals surface area contributed by atoms with Crippen LogP contribution in [0, 0.1) is 0 Å². The van der Waals surface area contributed by atoms with Crippen molar-refractivity contribution in [3.05, 3.63) is 57.5 Å². The van der Waals surface area contributed by atoms with Crippen molar-refractivity contribution in [3.8, 4) is 5.75 Å². The van der Waals surface area contributed by atoms with E-state index < -0.39 is 0 Å². The Labute approximate surface area is 222 Å². The Hall–Kier alpha value is -3.01. The van der Waals surface area contributed by atoms with Gasteiger partial charge in [-0.2, -0.15) is 0 Å². The number of ether oxygens (including phenoxy) is 2. The van der Waals surface area contributed by atoms with Crippen molar-refractivity contribution in [3.63, 3.8) is 0 Å². The van der Waals surface area contributed by atoms with Crippen LogP contribution in [0.5, 0.6) is 5.75 Å². The molecule has 0 radical (unpaired) electrons. The summed E-state index contributed by atoms with van der Waals surface area (Å²) in [5.41, 5.74) is 8.58. The Morgan fingerprint density at radius 3 is 2.51 bits per heavy atom. The highest BCUT2D eigenvalue weighted by Crippen LogP contribution is 2.29. The van der Waals surface area contributed by atoms with E-state index in [1.807, 2.05) is 40.3 Å². The summed E-state index contributed by atoms with van der Waals surface area (Å²) in [4.78, 5) is 28.2. The summed E-state index contributed by atoms with van der Waals surface area (Å²) in [6, 6.07) is 10.9. The van der Waals surface area contributed by atoms with Crippen LogP contribution in [0.25, 0.3) is 11.0 Å². The number of para-hydroxylation sites is 2. The normalized spacial score (nSPS) is 18.3. The molecule has 0 unspecified atom stereocenters. The number of piperidine rings is 1. The van der Waals surface area contributed by atoms with E-state index >= 15 is 0 Å². The molecule has 0 saturated carbocycles. The Bertz CT molecular complexity index is 1300. The maximum atomic E-state index is 13.0. The fourth-order valence-electron chi connectivity index (χ4n) is 5.15. The first kappa shape index (κ1) is 27.0. The summed E-state index contributed by atoms with van der Waals surface area (Å²) >= 11 is 6.14. The van der Waals surface area contributed by atoms with Crippen LogP contribution in [0.15, 0.2) is 41.2 Å². The summed E-state index contributed by atoms with van der Waals surface area (Å²) in [5, 5.41) is 3.40. The third-order valence-electron chi connectivity index (χ3n) is 7.17. The van der Waals surface area contributed by atoms with Crippen molar-refractivity contribution in [2.24, 2.45) is 0 Å². The number of carbonyl (C=O) groups excluding carboxylic acids is 1. The average molecular weight is 530 g/mol. The maximum absolute atomic E-state index is 13.0. The predicted molar refractivity (Wildman–Crippen MR) is 147 cm³/mol. The number of halogens is 1. The van der Waals surface area contributed by atoms with Gasteiger partial charge in [-0.3, -0.25) is 13.9 Å². The molecule has 9 nitrogen and oxygen atoms in total. The van der Waals surface area contributed by atoms with Crippen LogP contribution in [0.4, 0.5) is 5.69 Å². The maximum Gasteiger partial charge on any atom is 0.329 e. The number of unbranched alkanes of at least 4 members (excludes halogenated alkanes) is 1. The molecule has 0 aliphatic carbocycles. The van der Waals surface area contributed by atoms with Crippen LogP contribution in [0.3, 0.4) is 0 Å². The van der Waals surface area contributed by atoms with Gasteiger partial charge < -0.3 is 25.4 Å². The Morgan fingerprint density at radius 1 is 1.14 bits per heavy atom. The lowest BCUT2D eigenvalue weighted by atomic mass is 10.0. The number of fused-ring (bicyclic) bond motifs is 1. The van der Waals surface area contributed by atoms with Crippen molar-refractivity contribution in [1.29, 1.82) is 0 Å². The van der Waals surface area contributed by atoms with Crippen LogP contribution in [-0.2, 0) is 17.8 Å². The van der Waals surface area contributed by atoms with Crippen molar-refractivity contribution in [2.45, 2.75) is 51.4 Å². The van der Waals surface area contributed by atoms with Gasteiger partial charge in [0, 0.05) is 39.4 Å². The number of methoxy groups -OCH3 is 2. The molecule has 1 aliphatic rings. The lowest BCUT2D eigenvalue weighted by Gasteiger charge is -2.38. The molecule has 0 spiro atoms. The number of benzene rings is 2. The number of aromatic nitrogens is 2. The number of carbonyl (C=O) groups is 1. The number of anilines is 1. The number of amides is 1. The lowest BCUT2D eigenvalue weighted by Crippen LogP contribution is -2.54. The molecule has 200 valence electrons. The fourth-order valence-corrected chi connectivity index (χ4v) is 5.31. The quantitative estimate of drug-likeness (QED) is 0.308. The molecule has 3 aromatic rings. The van der Waals surface area contributed by atoms with Crippen LogP contribution in [0.1, 0.15) is 36.5 Å². The molecule has 2 atom stereocenters. The van der Waals surface area contributed by atoms with Crippen LogP contribution in [0.2, 0.25) is 5.02 Å². The molecular weight excluding hydrogens is 494 g/mol. The summed E-state index contributed by atoms with van der Waals surface area (Å²) < 4.78 is 14.8. The second-order valence-electron chi connectivity index (χ2n) is 9.39. The van der Waals surface area contributed by atoms with Crippen molar-refractivity contribution in [1.82, 2.24) is 19.4 Å². The number of nitrogens with zero attached hydrogens (tertiary/aromatic N) is 3. The standard InChI is InChI=1S/C27H36ClN5O4/c1-4-32-22-9-5-6-10-23(22)33(27(32)35)13-8-7-12-31-14-11-21(25(17-31)37-3)30-26(34)18-15-19(28)20(29)16-24(18)36-2/h5-6,9-10,15-16,21,25H,4,7-8,11-14,17,29H2,1-3H3,(H,30,34)/t21-,25+/m0/s1. The summed E-state index contributed by atoms with van der Waals surface area (Å²) in [6.07, 6.45) is 2.49. The minimum absolute atomic E-state index is 0.0544. The third-order valence-corrected chi connectivity index (χ3v) is 7.50. The molecule has 4 rings (SSSR count). The van der Waals surface area contributed by atoms with Gasteiger partial charge in [0.25, 0.3) is 5.91 Å². The molecular formula is C27H36ClN5O4. The highest BCUT2D eigenvalue weighted by atomic mass is 35.5. The zero-order valence-corrected chi connectivity index (χ0v) is 22.5. The number of hydrogen-bond acceptors (Lipinski definition) is 6. The number of nitrogens with two attached hydrogens (primary N) is 1. The van der Waals surface area contributed by atoms with E-state index in [-0.39, 0.29) is 23.7 Å². The van der Waals surface area contributed by atoms with Crippen molar-refractivity contribution in [2.75, 3.05) is 39.6 Å². The zero-order chi connectivity index (χ0) is 26.5. The largest absolute Gasteiger partial charge is 0.496 e. The van der Waals surface area contributed by atoms with E-state index in [1.54, 1.807) is 13.2 Å². The van der Waals surface area contributed by atoms with E-state index in [9.17, 15) is 9.59 Å². The van der Waals surface area contributed by atoms with Crippen LogP contribution < -0.4 is 21.5 Å². The first-order valence-corrected chi connectivity index (χ1v) is 13.1. The fraction of sp³-hybridized carbons (Fsp3) is 0.481. The summed E-state index contributed by atoms with van der Waals surface area (Å²) in [6.45, 7) is 5.82. The van der Waals surface area contributed by atoms with Crippen molar-refractivity contribution < 1.29 is 14.3 Å². The minimum Gasteiger partial charge on any atom is -0.496 e. The second-order valence-corrected chi connectivity index (χ2v) is 9.80. The smallest absolute Gasteiger partial charge is 0.329 e. The van der Waals surface area contributed by atoms with E-state index in [0.717, 1.165) is 49.9 Å². The van der Waals surface area contributed by atoms with E-state index in [4.69, 9.17) is 26.8 Å². The van der Waals surface area contributed by atoms with Gasteiger partial charge in [0.2, 0.25) is 0 Å². The third kappa shape index (κ3) is 5.79. The van der Waals surface area contributed by atoms with Gasteiger partial charge in [0.1, 0.15) is 5.75 Å². The number of nitrogens with one attached hydrogen (secondary N) is 1. The first-order chi connectivity index (χ1) is 17.9. The molecule has 1 aromatic heterocycles. The van der Waals surface area contributed by atoms with Crippen LogP contribution >= 0.6 is 11.6 Å². The van der Waals surface area contributed by atoms with Crippen molar-refractivity contribution >= 4 is 34.2 Å². The molecule has 1 saturated heterocycles. The molecule has 37 heavy (non-hydrogen) atoms. The number of imidazole rings is 1. The molecule has 0 bridgehead atoms. The Morgan fingerprint density at radius 2 is 1.84 bits per heavy atom. The number of aryl methyl sites for hydroxylation is 2. The summed E-state index contributed by atoms with van der Waals surface area (Å²) in [7, 11) is 3.16. The molecule has 2 heterocycles. The van der Waals surface area contributed by atoms with Gasteiger partial charge in [-0.1, -0.05) is 23.7 Å². The number of rotatable bonds is 10. The number of hydrogen-bond donors (Lipinski definition) is 2. The molecule has 10 heteroatoms. The van der Waals surface area contributed by atoms with E-state index in [1.165, 1.54) is 13.2 Å². The van der Waals surface area contributed by atoms with E-state index in [2.05, 4.69) is 10.2 Å². The second kappa shape index (κ2) is 12.0. The SMILES string of the molecule is CCn1c(=O)n(CCCCN2CC[C@H](NC(=O)c3cc(Cl)c(N)cc3OC)[C@H](OC)C2)c2ccccc21. The lowest BCUT2D eigenvalue weighted by molar-refractivity contribution is 0.00593. The highest BCUT2D eigenvalue weighted by molar-refractivity contribution is 6.33. The predicted octanol–water partition coefficient (Wildman–Crippen LogP) is 3.37. The zero-order valence-electron chi connectivity index (χ0n) is 21.7. The Kier molecular flexibility index (Phi) is 8.79. The van der Waals surface area contributed by atoms with Gasteiger partial charge in [-0.25, -0.2) is 4.79 Å². The highest BCUT2D eigenvalue weighted by Gasteiger charge is 2.31. The van der Waals surface area contributed by atoms with Gasteiger partial charge in [-0.05, 0) is 50.9 Å². The monoisotopic (exact) mass is 529 g/mol. The first-order valence-electron chi connectivity index (χ1n) is 12.7. The number of likely N-dealkylation sites (tertiary alicyclic amines) is 1.